The van der Waals surface area contributed by atoms with Crippen molar-refractivity contribution < 1.29 is 0 Å². The summed E-state index contributed by atoms with van der Waals surface area (Å²) in [6.07, 6.45) is 8.12. The van der Waals surface area contributed by atoms with Gasteiger partial charge in [-0.1, -0.05) is 61.2 Å². The van der Waals surface area contributed by atoms with E-state index in [0.29, 0.717) is 0 Å². The fourth-order valence-corrected chi connectivity index (χ4v) is 4.37. The first-order chi connectivity index (χ1) is 12.8. The Morgan fingerprint density at radius 1 is 0.923 bits per heavy atom. The highest BCUT2D eigenvalue weighted by atomic mass is 35.5. The number of anilines is 2. The number of aryl methyl sites for hydroxylation is 1. The van der Waals surface area contributed by atoms with Crippen LogP contribution in [-0.4, -0.2) is 17.9 Å². The third-order valence-electron chi connectivity index (χ3n) is 5.55. The second-order valence-electron chi connectivity index (χ2n) is 7.36. The van der Waals surface area contributed by atoms with E-state index in [4.69, 9.17) is 16.6 Å². The van der Waals surface area contributed by atoms with Gasteiger partial charge in [0.05, 0.1) is 16.9 Å². The minimum atomic E-state index is -0.0169. The van der Waals surface area contributed by atoms with Gasteiger partial charge in [0.1, 0.15) is 5.84 Å². The quantitative estimate of drug-likeness (QED) is 0.659. The molecule has 0 amide bonds. The standard InChI is InChI=1S/C22H26ClN3/c23-18-11-3-2-9-17(18)10-8-16-24-21-22(14-6-1-7-15-22)26-20-13-5-4-12-19(20)25-21/h2-5,9,11-13,26H,1,6-8,10,14-16H2,(H,24,25). The SMILES string of the molecule is Clc1ccccc1CCCN=C1Nc2ccccc2NC12CCCCC2. The number of aliphatic imine (C=N–C) groups is 1. The Morgan fingerprint density at radius 2 is 1.65 bits per heavy atom. The van der Waals surface area contributed by atoms with Crippen LogP contribution in [0.25, 0.3) is 0 Å². The number of benzene rings is 2. The summed E-state index contributed by atoms with van der Waals surface area (Å²) in [6, 6.07) is 16.5. The Kier molecular flexibility index (Phi) is 5.16. The number of amidine groups is 1. The zero-order valence-electron chi connectivity index (χ0n) is 15.1. The molecule has 2 aliphatic rings. The molecular formula is C22H26ClN3. The summed E-state index contributed by atoms with van der Waals surface area (Å²) < 4.78 is 0. The normalized spacial score (nSPS) is 19.7. The third-order valence-corrected chi connectivity index (χ3v) is 5.92. The summed E-state index contributed by atoms with van der Waals surface area (Å²) in [5, 5.41) is 8.30. The van der Waals surface area contributed by atoms with Crippen molar-refractivity contribution in [1.82, 2.24) is 0 Å². The van der Waals surface area contributed by atoms with Gasteiger partial charge in [-0.3, -0.25) is 4.99 Å². The van der Waals surface area contributed by atoms with E-state index in [1.54, 1.807) is 0 Å². The van der Waals surface area contributed by atoms with Gasteiger partial charge in [-0.05, 0) is 49.4 Å². The molecule has 26 heavy (non-hydrogen) atoms. The lowest BCUT2D eigenvalue weighted by atomic mass is 9.79. The number of rotatable bonds is 4. The van der Waals surface area contributed by atoms with Gasteiger partial charge in [0.25, 0.3) is 0 Å². The average Bonchev–Trinajstić information content (AvgIpc) is 2.67. The van der Waals surface area contributed by atoms with Crippen LogP contribution >= 0.6 is 11.6 Å². The van der Waals surface area contributed by atoms with Crippen molar-refractivity contribution >= 4 is 28.8 Å². The van der Waals surface area contributed by atoms with E-state index in [2.05, 4.69) is 41.0 Å². The summed E-state index contributed by atoms with van der Waals surface area (Å²) in [6.45, 7) is 0.819. The molecule has 1 fully saturated rings. The van der Waals surface area contributed by atoms with Crippen LogP contribution in [0.1, 0.15) is 44.1 Å². The zero-order valence-corrected chi connectivity index (χ0v) is 15.9. The number of nitrogens with zero attached hydrogens (tertiary/aromatic N) is 1. The first-order valence-electron chi connectivity index (χ1n) is 9.69. The molecule has 0 unspecified atom stereocenters. The topological polar surface area (TPSA) is 36.4 Å². The Morgan fingerprint density at radius 3 is 2.46 bits per heavy atom. The van der Waals surface area contributed by atoms with Crippen LogP contribution in [0.15, 0.2) is 53.5 Å². The van der Waals surface area contributed by atoms with Crippen LogP contribution in [0.5, 0.6) is 0 Å². The highest BCUT2D eigenvalue weighted by molar-refractivity contribution is 6.31. The number of hydrogen-bond acceptors (Lipinski definition) is 2. The number of para-hydroxylation sites is 2. The fraction of sp³-hybridized carbons (Fsp3) is 0.409. The molecule has 4 rings (SSSR count). The van der Waals surface area contributed by atoms with Crippen molar-refractivity contribution in [3.05, 3.63) is 59.1 Å². The molecular weight excluding hydrogens is 342 g/mol. The van der Waals surface area contributed by atoms with Gasteiger partial charge in [0.15, 0.2) is 0 Å². The molecule has 2 N–H and O–H groups in total. The van der Waals surface area contributed by atoms with Crippen LogP contribution in [0.3, 0.4) is 0 Å². The fourth-order valence-electron chi connectivity index (χ4n) is 4.13. The van der Waals surface area contributed by atoms with E-state index in [1.807, 2.05) is 18.2 Å². The molecule has 1 aliphatic carbocycles. The first-order valence-corrected chi connectivity index (χ1v) is 10.1. The van der Waals surface area contributed by atoms with Crippen molar-refractivity contribution in [2.45, 2.75) is 50.5 Å². The maximum atomic E-state index is 6.27. The summed E-state index contributed by atoms with van der Waals surface area (Å²) in [4.78, 5) is 5.00. The monoisotopic (exact) mass is 367 g/mol. The highest BCUT2D eigenvalue weighted by Crippen LogP contribution is 2.39. The number of nitrogens with one attached hydrogen (secondary N) is 2. The minimum absolute atomic E-state index is 0.0169. The summed E-state index contributed by atoms with van der Waals surface area (Å²) in [7, 11) is 0. The van der Waals surface area contributed by atoms with E-state index < -0.39 is 0 Å². The molecule has 1 aliphatic heterocycles. The van der Waals surface area contributed by atoms with Gasteiger partial charge >= 0.3 is 0 Å². The predicted octanol–water partition coefficient (Wildman–Crippen LogP) is 5.91. The van der Waals surface area contributed by atoms with Gasteiger partial charge in [0.2, 0.25) is 0 Å². The molecule has 2 aromatic carbocycles. The van der Waals surface area contributed by atoms with Crippen LogP contribution < -0.4 is 10.6 Å². The predicted molar refractivity (Wildman–Crippen MR) is 112 cm³/mol. The molecule has 0 radical (unpaired) electrons. The zero-order chi connectivity index (χ0) is 17.8. The van der Waals surface area contributed by atoms with Crippen LogP contribution in [0.2, 0.25) is 5.02 Å². The second kappa shape index (κ2) is 7.71. The molecule has 0 saturated heterocycles. The lowest BCUT2D eigenvalue weighted by Gasteiger charge is -2.44. The molecule has 0 aromatic heterocycles. The Bertz CT molecular complexity index is 793. The van der Waals surface area contributed by atoms with Gasteiger partial charge in [-0.25, -0.2) is 0 Å². The van der Waals surface area contributed by atoms with E-state index in [-0.39, 0.29) is 5.54 Å². The van der Waals surface area contributed by atoms with E-state index in [1.165, 1.54) is 30.5 Å². The molecule has 3 nitrogen and oxygen atoms in total. The van der Waals surface area contributed by atoms with Crippen LogP contribution in [-0.2, 0) is 6.42 Å². The largest absolute Gasteiger partial charge is 0.371 e. The summed E-state index contributed by atoms with van der Waals surface area (Å²) in [5.74, 6) is 1.12. The first kappa shape index (κ1) is 17.4. The molecule has 136 valence electrons. The van der Waals surface area contributed by atoms with E-state index >= 15 is 0 Å². The van der Waals surface area contributed by atoms with Crippen molar-refractivity contribution in [3.8, 4) is 0 Å². The van der Waals surface area contributed by atoms with Crippen molar-refractivity contribution in [1.29, 1.82) is 0 Å². The molecule has 0 bridgehead atoms. The van der Waals surface area contributed by atoms with Crippen molar-refractivity contribution in [2.24, 2.45) is 4.99 Å². The Hall–Kier alpha value is -2.00. The third kappa shape index (κ3) is 3.59. The highest BCUT2D eigenvalue weighted by Gasteiger charge is 2.40. The van der Waals surface area contributed by atoms with Crippen LogP contribution in [0, 0.1) is 0 Å². The maximum absolute atomic E-state index is 6.27. The molecule has 4 heteroatoms. The number of fused-ring (bicyclic) bond motifs is 1. The summed E-state index contributed by atoms with van der Waals surface area (Å²) in [5.41, 5.74) is 3.52. The second-order valence-corrected chi connectivity index (χ2v) is 7.77. The molecule has 1 heterocycles. The van der Waals surface area contributed by atoms with Gasteiger partial charge in [-0.2, -0.15) is 0 Å². The molecule has 1 saturated carbocycles. The smallest absolute Gasteiger partial charge is 0.127 e. The lowest BCUT2D eigenvalue weighted by molar-refractivity contribution is 0.403. The van der Waals surface area contributed by atoms with Crippen molar-refractivity contribution in [3.63, 3.8) is 0 Å². The maximum Gasteiger partial charge on any atom is 0.127 e. The molecule has 1 spiro atoms. The Balaban J connectivity index is 1.49. The number of hydrogen-bond donors (Lipinski definition) is 2. The van der Waals surface area contributed by atoms with E-state index in [0.717, 1.165) is 48.8 Å². The van der Waals surface area contributed by atoms with Gasteiger partial charge in [0, 0.05) is 11.6 Å². The molecule has 2 aromatic rings. The van der Waals surface area contributed by atoms with E-state index in [9.17, 15) is 0 Å². The Labute approximate surface area is 160 Å². The average molecular weight is 368 g/mol. The number of halogens is 1. The molecule has 0 atom stereocenters. The minimum Gasteiger partial charge on any atom is -0.371 e. The lowest BCUT2D eigenvalue weighted by Crippen LogP contribution is -2.53. The summed E-state index contributed by atoms with van der Waals surface area (Å²) >= 11 is 6.27. The van der Waals surface area contributed by atoms with Crippen molar-refractivity contribution in [2.75, 3.05) is 17.2 Å². The van der Waals surface area contributed by atoms with Crippen LogP contribution in [0.4, 0.5) is 11.4 Å². The van der Waals surface area contributed by atoms with Gasteiger partial charge < -0.3 is 10.6 Å². The van der Waals surface area contributed by atoms with Gasteiger partial charge in [-0.15, -0.1) is 0 Å².